The van der Waals surface area contributed by atoms with Gasteiger partial charge in [0.25, 0.3) is 10.0 Å². The van der Waals surface area contributed by atoms with Gasteiger partial charge in [-0.2, -0.15) is 0 Å². The number of hydrogen-bond acceptors (Lipinski definition) is 4. The van der Waals surface area contributed by atoms with Gasteiger partial charge in [-0.05, 0) is 25.1 Å². The van der Waals surface area contributed by atoms with E-state index in [9.17, 15) is 22.0 Å². The van der Waals surface area contributed by atoms with Crippen LogP contribution in [0.15, 0.2) is 52.4 Å². The van der Waals surface area contributed by atoms with Crippen molar-refractivity contribution in [3.63, 3.8) is 0 Å². The van der Waals surface area contributed by atoms with E-state index in [1.807, 2.05) is 0 Å². The fraction of sp³-hybridized carbons (Fsp3) is 0.222. The van der Waals surface area contributed by atoms with Gasteiger partial charge in [0.2, 0.25) is 5.91 Å². The average Bonchev–Trinajstić information content (AvgIpc) is 2.86. The van der Waals surface area contributed by atoms with E-state index < -0.39 is 27.7 Å². The van der Waals surface area contributed by atoms with Gasteiger partial charge in [0.15, 0.2) is 0 Å². The molecule has 0 fully saturated rings. The van der Waals surface area contributed by atoms with Crippen LogP contribution in [0.25, 0.3) is 0 Å². The van der Waals surface area contributed by atoms with E-state index in [0.29, 0.717) is 5.56 Å². The summed E-state index contributed by atoms with van der Waals surface area (Å²) in [5, 5.41) is 2.61. The molecular weight excluding hydrogens is 376 g/mol. The zero-order chi connectivity index (χ0) is 19.6. The first-order valence-electron chi connectivity index (χ1n) is 8.19. The normalized spacial score (nSPS) is 17.2. The van der Waals surface area contributed by atoms with Gasteiger partial charge >= 0.3 is 0 Å². The van der Waals surface area contributed by atoms with Gasteiger partial charge in [-0.25, -0.2) is 17.2 Å². The lowest BCUT2D eigenvalue weighted by atomic mass is 10.1. The number of amides is 1. The van der Waals surface area contributed by atoms with Crippen molar-refractivity contribution in [2.24, 2.45) is 4.99 Å². The Kier molecular flexibility index (Phi) is 5.22. The Hall–Kier alpha value is -2.81. The molecule has 0 unspecified atom stereocenters. The second kappa shape index (κ2) is 7.43. The third-order valence-corrected chi connectivity index (χ3v) is 5.48. The smallest absolute Gasteiger partial charge is 0.263 e. The molecule has 3 rings (SSSR count). The number of halogens is 2. The number of carbonyl (C=O) groups excluding carboxylic acids is 1. The van der Waals surface area contributed by atoms with Crippen LogP contribution in [0.2, 0.25) is 0 Å². The highest BCUT2D eigenvalue weighted by molar-refractivity contribution is 7.90. The van der Waals surface area contributed by atoms with Crippen LogP contribution in [-0.2, 0) is 14.8 Å². The number of nitrogens with zero attached hydrogens (tertiary/aromatic N) is 1. The number of sulfonamides is 1. The number of aliphatic imine (C=N–C) groups is 1. The van der Waals surface area contributed by atoms with E-state index in [4.69, 9.17) is 0 Å². The van der Waals surface area contributed by atoms with Crippen molar-refractivity contribution >= 4 is 21.8 Å². The molecule has 0 aromatic heterocycles. The molecule has 6 nitrogen and oxygen atoms in total. The van der Waals surface area contributed by atoms with Crippen LogP contribution in [0.1, 0.15) is 30.5 Å². The van der Waals surface area contributed by atoms with E-state index in [1.165, 1.54) is 12.1 Å². The predicted octanol–water partition coefficient (Wildman–Crippen LogP) is 2.27. The quantitative estimate of drug-likeness (QED) is 0.817. The van der Waals surface area contributed by atoms with Crippen LogP contribution in [0.5, 0.6) is 0 Å². The zero-order valence-corrected chi connectivity index (χ0v) is 15.2. The first-order valence-corrected chi connectivity index (χ1v) is 9.67. The molecule has 0 bridgehead atoms. The van der Waals surface area contributed by atoms with Gasteiger partial charge in [0, 0.05) is 23.6 Å². The number of benzene rings is 2. The van der Waals surface area contributed by atoms with Gasteiger partial charge in [0.1, 0.15) is 17.5 Å². The van der Waals surface area contributed by atoms with Crippen molar-refractivity contribution in [2.45, 2.75) is 24.3 Å². The number of fused-ring (bicyclic) bond motifs is 1. The first-order chi connectivity index (χ1) is 12.8. The standard InChI is InChI=1S/C18H17F2N3O3S/c1-11(13-7-6-12(19)10-15(13)20)22-17(24)8-9-21-18-14-4-2-3-5-16(14)27(25,26)23-18/h2-7,10-11H,8-9H2,1H3,(H,21,23)(H,22,24)/t11-/m0/s1. The van der Waals surface area contributed by atoms with E-state index in [2.05, 4.69) is 15.0 Å². The third-order valence-electron chi connectivity index (χ3n) is 4.08. The number of nitrogens with one attached hydrogen (secondary N) is 2. The minimum absolute atomic E-state index is 0.0133. The zero-order valence-electron chi connectivity index (χ0n) is 14.4. The molecule has 1 amide bonds. The molecule has 1 aliphatic rings. The van der Waals surface area contributed by atoms with E-state index in [-0.39, 0.29) is 35.2 Å². The fourth-order valence-electron chi connectivity index (χ4n) is 2.76. The van der Waals surface area contributed by atoms with E-state index in [1.54, 1.807) is 25.1 Å². The van der Waals surface area contributed by atoms with Gasteiger partial charge in [-0.15, -0.1) is 0 Å². The molecule has 0 saturated carbocycles. The summed E-state index contributed by atoms with van der Waals surface area (Å²) in [4.78, 5) is 16.3. The molecule has 2 aromatic carbocycles. The Balaban J connectivity index is 1.61. The Morgan fingerprint density at radius 1 is 1.22 bits per heavy atom. The predicted molar refractivity (Wildman–Crippen MR) is 95.7 cm³/mol. The molecule has 27 heavy (non-hydrogen) atoms. The molecule has 1 heterocycles. The minimum Gasteiger partial charge on any atom is -0.349 e. The van der Waals surface area contributed by atoms with Crippen LogP contribution in [0.4, 0.5) is 8.78 Å². The average molecular weight is 393 g/mol. The maximum atomic E-state index is 13.7. The number of carbonyl (C=O) groups is 1. The van der Waals surface area contributed by atoms with Crippen molar-refractivity contribution in [1.82, 2.24) is 10.0 Å². The summed E-state index contributed by atoms with van der Waals surface area (Å²) in [6.45, 7) is 1.64. The third kappa shape index (κ3) is 4.13. The molecule has 0 aliphatic carbocycles. The van der Waals surface area contributed by atoms with Crippen molar-refractivity contribution in [1.29, 1.82) is 0 Å². The molecule has 1 atom stereocenters. The van der Waals surface area contributed by atoms with Crippen LogP contribution in [-0.4, -0.2) is 26.7 Å². The molecule has 2 aromatic rings. The van der Waals surface area contributed by atoms with Gasteiger partial charge in [-0.3, -0.25) is 14.5 Å². The summed E-state index contributed by atoms with van der Waals surface area (Å²) >= 11 is 0. The van der Waals surface area contributed by atoms with Crippen molar-refractivity contribution in [3.8, 4) is 0 Å². The monoisotopic (exact) mass is 393 g/mol. The maximum Gasteiger partial charge on any atom is 0.263 e. The Morgan fingerprint density at radius 2 is 1.96 bits per heavy atom. The molecule has 0 spiro atoms. The van der Waals surface area contributed by atoms with Crippen LogP contribution < -0.4 is 10.0 Å². The first kappa shape index (κ1) is 19.0. The number of hydrogen-bond donors (Lipinski definition) is 2. The number of rotatable bonds is 5. The second-order valence-corrected chi connectivity index (χ2v) is 7.69. The lowest BCUT2D eigenvalue weighted by Crippen LogP contribution is -2.28. The van der Waals surface area contributed by atoms with Gasteiger partial charge in [-0.1, -0.05) is 18.2 Å². The molecule has 0 saturated heterocycles. The van der Waals surface area contributed by atoms with Gasteiger partial charge < -0.3 is 5.32 Å². The minimum atomic E-state index is -3.62. The summed E-state index contributed by atoms with van der Waals surface area (Å²) in [7, 11) is -3.62. The molecule has 0 radical (unpaired) electrons. The maximum absolute atomic E-state index is 13.7. The summed E-state index contributed by atoms with van der Waals surface area (Å²) in [6, 6.07) is 8.94. The highest BCUT2D eigenvalue weighted by Gasteiger charge is 2.29. The summed E-state index contributed by atoms with van der Waals surface area (Å²) in [6.07, 6.45) is -0.0133. The summed E-state index contributed by atoms with van der Waals surface area (Å²) in [5.74, 6) is -1.62. The highest BCUT2D eigenvalue weighted by atomic mass is 32.2. The van der Waals surface area contributed by atoms with Gasteiger partial charge in [0.05, 0.1) is 17.5 Å². The molecule has 2 N–H and O–H groups in total. The molecule has 142 valence electrons. The van der Waals surface area contributed by atoms with Crippen LogP contribution in [0.3, 0.4) is 0 Å². The molecule has 9 heteroatoms. The lowest BCUT2D eigenvalue weighted by molar-refractivity contribution is -0.121. The molecular formula is C18H17F2N3O3S. The van der Waals surface area contributed by atoms with Crippen LogP contribution in [0, 0.1) is 11.6 Å². The lowest BCUT2D eigenvalue weighted by Gasteiger charge is -2.14. The van der Waals surface area contributed by atoms with E-state index in [0.717, 1.165) is 12.1 Å². The van der Waals surface area contributed by atoms with E-state index >= 15 is 0 Å². The SMILES string of the molecule is C[C@H](NC(=O)CCN=C1NS(=O)(=O)c2ccccc21)c1ccc(F)cc1F. The fourth-order valence-corrected chi connectivity index (χ4v) is 4.02. The van der Waals surface area contributed by atoms with Crippen molar-refractivity contribution in [2.75, 3.05) is 6.54 Å². The number of amidine groups is 1. The Bertz CT molecular complexity index is 1020. The Morgan fingerprint density at radius 3 is 2.70 bits per heavy atom. The molecule has 1 aliphatic heterocycles. The Labute approximate surface area is 155 Å². The summed E-state index contributed by atoms with van der Waals surface area (Å²) in [5.41, 5.74) is 0.633. The largest absolute Gasteiger partial charge is 0.349 e. The summed E-state index contributed by atoms with van der Waals surface area (Å²) < 4.78 is 53.0. The highest BCUT2D eigenvalue weighted by Crippen LogP contribution is 2.22. The van der Waals surface area contributed by atoms with Crippen LogP contribution >= 0.6 is 0 Å². The topological polar surface area (TPSA) is 87.6 Å². The van der Waals surface area contributed by atoms with Crippen molar-refractivity contribution < 1.29 is 22.0 Å². The van der Waals surface area contributed by atoms with Crippen molar-refractivity contribution in [3.05, 3.63) is 65.2 Å². The second-order valence-electron chi connectivity index (χ2n) is 6.04.